The number of carboxylic acid groups (broad SMARTS) is 2. The van der Waals surface area contributed by atoms with Gasteiger partial charge in [0.1, 0.15) is 0 Å². The summed E-state index contributed by atoms with van der Waals surface area (Å²) in [6.45, 7) is 2.57. The smallest absolute Gasteiger partial charge is 0.203 e. The summed E-state index contributed by atoms with van der Waals surface area (Å²) in [6, 6.07) is 0.634. The van der Waals surface area contributed by atoms with Gasteiger partial charge in [-0.15, -0.1) is 0 Å². The van der Waals surface area contributed by atoms with Crippen molar-refractivity contribution >= 4 is 6.16 Å². The SMILES string of the molecule is CN(C)C1N(C)C(CO)C[NH+]1C.CN(C)C1N(C)C(CO)C[NH+]1C.O=C([O-])[O-]. The molecule has 0 aromatic rings. The van der Waals surface area contributed by atoms with Crippen LogP contribution in [0.2, 0.25) is 0 Å². The summed E-state index contributed by atoms with van der Waals surface area (Å²) in [5.41, 5.74) is 0. The number of nitrogens with zero attached hydrogens (tertiary/aromatic N) is 4. The lowest BCUT2D eigenvalue weighted by Gasteiger charge is -2.28. The van der Waals surface area contributed by atoms with E-state index < -0.39 is 6.16 Å². The highest BCUT2D eigenvalue weighted by Crippen LogP contribution is 2.05. The van der Waals surface area contributed by atoms with Gasteiger partial charge in [0.05, 0.1) is 52.5 Å². The lowest BCUT2D eigenvalue weighted by Crippen LogP contribution is -3.13. The standard InChI is InChI=1S/2C8H19N3O.CH2O3/c2*1-9(2)8-10(3)5-7(6-12)11(8)4;2-1(3)4/h2*7-8,12H,5-6H2,1-4H3;(H2,2,3,4). The minimum absolute atomic E-state index is 0.262. The second kappa shape index (κ2) is 12.5. The minimum Gasteiger partial charge on any atom is -0.652 e. The zero-order valence-electron chi connectivity index (χ0n) is 18.5. The first-order chi connectivity index (χ1) is 12.9. The quantitative estimate of drug-likeness (QED) is 0.359. The fourth-order valence-corrected chi connectivity index (χ4v) is 4.33. The van der Waals surface area contributed by atoms with E-state index in [0.717, 1.165) is 13.1 Å². The second-order valence-corrected chi connectivity index (χ2v) is 8.03. The van der Waals surface area contributed by atoms with Gasteiger partial charge >= 0.3 is 0 Å². The maximum absolute atomic E-state index is 9.08. The van der Waals surface area contributed by atoms with Gasteiger partial charge in [-0.1, -0.05) is 0 Å². The molecule has 28 heavy (non-hydrogen) atoms. The number of hydrogen-bond acceptors (Lipinski definition) is 9. The molecule has 0 aromatic heterocycles. The third-order valence-electron chi connectivity index (χ3n) is 5.32. The number of aliphatic hydroxyl groups is 2. The number of nitrogens with one attached hydrogen (secondary N) is 2. The molecule has 2 heterocycles. The van der Waals surface area contributed by atoms with Crippen LogP contribution in [0.4, 0.5) is 4.79 Å². The van der Waals surface area contributed by atoms with Gasteiger partial charge < -0.3 is 35.0 Å². The van der Waals surface area contributed by atoms with Crippen molar-refractivity contribution in [3.05, 3.63) is 0 Å². The average Bonchev–Trinajstić information content (AvgIpc) is 3.02. The number of carbonyl (C=O) groups excluding carboxylic acids is 1. The molecule has 0 bridgehead atoms. The van der Waals surface area contributed by atoms with Crippen LogP contribution in [-0.4, -0.2) is 143 Å². The lowest BCUT2D eigenvalue weighted by molar-refractivity contribution is -0.911. The Morgan fingerprint density at radius 1 is 0.893 bits per heavy atom. The minimum atomic E-state index is -2.33. The van der Waals surface area contributed by atoms with Gasteiger partial charge in [0.25, 0.3) is 0 Å². The Hall–Kier alpha value is -1.05. The van der Waals surface area contributed by atoms with Crippen LogP contribution in [0.5, 0.6) is 0 Å². The molecule has 0 radical (unpaired) electrons. The fourth-order valence-electron chi connectivity index (χ4n) is 4.33. The Bertz CT molecular complexity index is 418. The maximum Gasteiger partial charge on any atom is 0.203 e. The molecular weight excluding hydrogens is 368 g/mol. The number of aliphatic hydroxyl groups excluding tert-OH is 2. The van der Waals surface area contributed by atoms with Crippen molar-refractivity contribution in [3.8, 4) is 0 Å². The number of hydrogen-bond donors (Lipinski definition) is 4. The van der Waals surface area contributed by atoms with Gasteiger partial charge in [-0.3, -0.25) is 0 Å². The van der Waals surface area contributed by atoms with Gasteiger partial charge in [0, 0.05) is 0 Å². The number of likely N-dealkylation sites (N-methyl/N-ethyl adjacent to an activating group) is 4. The molecule has 2 aliphatic heterocycles. The highest BCUT2D eigenvalue weighted by Gasteiger charge is 2.40. The van der Waals surface area contributed by atoms with E-state index in [4.69, 9.17) is 25.2 Å². The molecule has 2 aliphatic rings. The van der Waals surface area contributed by atoms with Gasteiger partial charge in [-0.05, 0) is 48.4 Å². The van der Waals surface area contributed by atoms with Crippen LogP contribution >= 0.6 is 0 Å². The van der Waals surface area contributed by atoms with E-state index in [9.17, 15) is 0 Å². The second-order valence-electron chi connectivity index (χ2n) is 8.03. The van der Waals surface area contributed by atoms with Crippen LogP contribution in [-0.2, 0) is 0 Å². The Labute approximate surface area is 168 Å². The number of carbonyl (C=O) groups is 1. The molecule has 6 atom stereocenters. The summed E-state index contributed by atoms with van der Waals surface area (Å²) < 4.78 is 0. The largest absolute Gasteiger partial charge is 0.652 e. The van der Waals surface area contributed by atoms with E-state index in [1.54, 1.807) is 0 Å². The highest BCUT2D eigenvalue weighted by atomic mass is 16.6. The third-order valence-corrected chi connectivity index (χ3v) is 5.32. The summed E-state index contributed by atoms with van der Waals surface area (Å²) in [4.78, 5) is 20.1. The molecule has 2 saturated heterocycles. The van der Waals surface area contributed by atoms with Gasteiger partial charge in [-0.2, -0.15) is 0 Å². The van der Waals surface area contributed by atoms with Crippen molar-refractivity contribution < 1.29 is 35.0 Å². The molecule has 4 N–H and O–H groups in total. The van der Waals surface area contributed by atoms with Crippen molar-refractivity contribution in [2.75, 3.05) is 82.7 Å². The molecule has 2 fully saturated rings. The fraction of sp³-hybridized carbons (Fsp3) is 0.941. The van der Waals surface area contributed by atoms with Crippen molar-refractivity contribution in [2.45, 2.75) is 24.7 Å². The first kappa shape index (κ1) is 27.0. The van der Waals surface area contributed by atoms with Crippen LogP contribution in [0.1, 0.15) is 0 Å². The first-order valence-corrected chi connectivity index (χ1v) is 9.39. The Morgan fingerprint density at radius 3 is 1.25 bits per heavy atom. The van der Waals surface area contributed by atoms with Crippen molar-refractivity contribution in [1.82, 2.24) is 19.6 Å². The molecule has 11 nitrogen and oxygen atoms in total. The average molecular weight is 409 g/mol. The number of rotatable bonds is 4. The highest BCUT2D eigenvalue weighted by molar-refractivity contribution is 5.47. The summed E-state index contributed by atoms with van der Waals surface area (Å²) >= 11 is 0. The van der Waals surface area contributed by atoms with E-state index >= 15 is 0 Å². The van der Waals surface area contributed by atoms with Crippen molar-refractivity contribution in [3.63, 3.8) is 0 Å². The van der Waals surface area contributed by atoms with Crippen LogP contribution in [0.15, 0.2) is 0 Å². The molecule has 0 amide bonds. The molecule has 0 saturated carbocycles. The molecule has 6 unspecified atom stereocenters. The summed E-state index contributed by atoms with van der Waals surface area (Å²) in [5, 5.41) is 34.8. The van der Waals surface area contributed by atoms with Gasteiger partial charge in [0.2, 0.25) is 12.6 Å². The molecular formula is C17H40N6O5. The molecule has 0 aliphatic carbocycles. The molecule has 0 spiro atoms. The first-order valence-electron chi connectivity index (χ1n) is 9.39. The van der Waals surface area contributed by atoms with Crippen LogP contribution < -0.4 is 20.0 Å². The Morgan fingerprint density at radius 2 is 1.14 bits per heavy atom. The van der Waals surface area contributed by atoms with Gasteiger partial charge in [0.15, 0.2) is 0 Å². The molecule has 0 aromatic carbocycles. The normalized spacial score (nSPS) is 33.4. The predicted molar refractivity (Wildman–Crippen MR) is 101 cm³/mol. The molecule has 168 valence electrons. The Kier molecular flexibility index (Phi) is 12.0. The summed E-state index contributed by atoms with van der Waals surface area (Å²) in [5.74, 6) is 0. The van der Waals surface area contributed by atoms with Crippen LogP contribution in [0, 0.1) is 0 Å². The van der Waals surface area contributed by atoms with E-state index in [0.29, 0.717) is 24.7 Å². The summed E-state index contributed by atoms with van der Waals surface area (Å²) in [6.07, 6.45) is -1.52. The zero-order valence-corrected chi connectivity index (χ0v) is 18.5. The third kappa shape index (κ3) is 7.76. The lowest BCUT2D eigenvalue weighted by atomic mass is 10.3. The van der Waals surface area contributed by atoms with Gasteiger partial charge in [-0.25, -0.2) is 19.6 Å². The maximum atomic E-state index is 9.08. The van der Waals surface area contributed by atoms with Crippen molar-refractivity contribution in [2.24, 2.45) is 0 Å². The zero-order chi connectivity index (χ0) is 22.2. The predicted octanol–water partition coefficient (Wildman–Crippen LogP) is -7.14. The van der Waals surface area contributed by atoms with E-state index in [1.165, 1.54) is 9.80 Å². The van der Waals surface area contributed by atoms with Crippen molar-refractivity contribution in [1.29, 1.82) is 0 Å². The molecule has 2 rings (SSSR count). The van der Waals surface area contributed by atoms with E-state index in [2.05, 4.69) is 76.0 Å². The van der Waals surface area contributed by atoms with E-state index in [1.807, 2.05) is 0 Å². The van der Waals surface area contributed by atoms with Crippen LogP contribution in [0.25, 0.3) is 0 Å². The topological polar surface area (TPSA) is 125 Å². The molecule has 11 heteroatoms. The van der Waals surface area contributed by atoms with Crippen LogP contribution in [0.3, 0.4) is 0 Å². The monoisotopic (exact) mass is 408 g/mol. The Balaban J connectivity index is 0.000000439. The summed E-state index contributed by atoms with van der Waals surface area (Å²) in [7, 11) is 16.8. The van der Waals surface area contributed by atoms with E-state index in [-0.39, 0.29) is 13.2 Å². The number of quaternary nitrogens is 2.